The smallest absolute Gasteiger partial charge is 0.258 e. The highest BCUT2D eigenvalue weighted by Crippen LogP contribution is 2.38. The average Bonchev–Trinajstić information content (AvgIpc) is 2.77. The number of rotatable bonds is 4. The zero-order valence-corrected chi connectivity index (χ0v) is 11.2. The Morgan fingerprint density at radius 3 is 2.95 bits per heavy atom. The number of hydrogen-bond acceptors (Lipinski definition) is 3. The molecule has 1 aliphatic heterocycles. The van der Waals surface area contributed by atoms with Crippen molar-refractivity contribution in [2.45, 2.75) is 25.0 Å². The number of carbonyl (C=O) groups is 1. The third kappa shape index (κ3) is 2.85. The SMILES string of the molecule is O=C(COc1ccc(Cl)cc1)N[C@@H]1C[C@H]2OCC[C@@H]12. The molecule has 0 bridgehead atoms. The van der Waals surface area contributed by atoms with Gasteiger partial charge in [-0.2, -0.15) is 0 Å². The highest BCUT2D eigenvalue weighted by Gasteiger charge is 2.45. The Labute approximate surface area is 117 Å². The zero-order chi connectivity index (χ0) is 13.2. The second-order valence-corrected chi connectivity index (χ2v) is 5.45. The van der Waals surface area contributed by atoms with Crippen molar-refractivity contribution in [1.29, 1.82) is 0 Å². The summed E-state index contributed by atoms with van der Waals surface area (Å²) in [5, 5.41) is 3.65. The van der Waals surface area contributed by atoms with Gasteiger partial charge in [-0.25, -0.2) is 0 Å². The van der Waals surface area contributed by atoms with Crippen LogP contribution in [0.2, 0.25) is 5.02 Å². The molecule has 0 unspecified atom stereocenters. The van der Waals surface area contributed by atoms with Crippen LogP contribution in [-0.4, -0.2) is 31.3 Å². The summed E-state index contributed by atoms with van der Waals surface area (Å²) in [4.78, 5) is 11.8. The number of ether oxygens (including phenoxy) is 2. The van der Waals surface area contributed by atoms with Gasteiger partial charge in [-0.05, 0) is 37.1 Å². The molecule has 2 fully saturated rings. The molecule has 1 N–H and O–H groups in total. The molecule has 19 heavy (non-hydrogen) atoms. The van der Waals surface area contributed by atoms with E-state index in [0.29, 0.717) is 22.8 Å². The second kappa shape index (κ2) is 5.39. The third-order valence-electron chi connectivity index (χ3n) is 3.79. The second-order valence-electron chi connectivity index (χ2n) is 5.01. The lowest BCUT2D eigenvalue weighted by Crippen LogP contribution is -2.54. The first-order chi connectivity index (χ1) is 9.22. The molecular formula is C14H16ClNO3. The fourth-order valence-corrected chi connectivity index (χ4v) is 2.82. The van der Waals surface area contributed by atoms with E-state index in [9.17, 15) is 4.79 Å². The minimum absolute atomic E-state index is 0.0381. The van der Waals surface area contributed by atoms with Crippen LogP contribution in [0.1, 0.15) is 12.8 Å². The number of carbonyl (C=O) groups excluding carboxylic acids is 1. The van der Waals surface area contributed by atoms with Crippen LogP contribution in [0, 0.1) is 5.92 Å². The molecule has 3 rings (SSSR count). The maximum atomic E-state index is 11.8. The van der Waals surface area contributed by atoms with Crippen molar-refractivity contribution >= 4 is 17.5 Å². The van der Waals surface area contributed by atoms with Crippen LogP contribution in [0.3, 0.4) is 0 Å². The van der Waals surface area contributed by atoms with Gasteiger partial charge in [0.25, 0.3) is 5.91 Å². The normalized spacial score (nSPS) is 28.4. The summed E-state index contributed by atoms with van der Waals surface area (Å²) in [6.07, 6.45) is 2.34. The maximum absolute atomic E-state index is 11.8. The summed E-state index contributed by atoms with van der Waals surface area (Å²) >= 11 is 5.77. The van der Waals surface area contributed by atoms with Gasteiger partial charge in [0, 0.05) is 23.6 Å². The number of amides is 1. The Morgan fingerprint density at radius 1 is 1.42 bits per heavy atom. The number of halogens is 1. The van der Waals surface area contributed by atoms with E-state index in [-0.39, 0.29) is 18.6 Å². The number of nitrogens with one attached hydrogen (secondary N) is 1. The van der Waals surface area contributed by atoms with E-state index < -0.39 is 0 Å². The van der Waals surface area contributed by atoms with Gasteiger partial charge in [0.05, 0.1) is 6.10 Å². The van der Waals surface area contributed by atoms with Gasteiger partial charge < -0.3 is 14.8 Å². The van der Waals surface area contributed by atoms with E-state index in [1.54, 1.807) is 24.3 Å². The standard InChI is InChI=1S/C14H16ClNO3/c15-9-1-3-10(4-2-9)19-8-14(17)16-12-7-13-11(12)5-6-18-13/h1-4,11-13H,5-8H2,(H,16,17)/t11-,12+,13+/m0/s1. The summed E-state index contributed by atoms with van der Waals surface area (Å²) in [6, 6.07) is 7.23. The lowest BCUT2D eigenvalue weighted by molar-refractivity contribution is -0.126. The first-order valence-electron chi connectivity index (χ1n) is 6.52. The van der Waals surface area contributed by atoms with Crippen molar-refractivity contribution in [1.82, 2.24) is 5.32 Å². The van der Waals surface area contributed by atoms with Crippen LogP contribution in [0.4, 0.5) is 0 Å². The van der Waals surface area contributed by atoms with E-state index in [1.807, 2.05) is 0 Å². The molecule has 1 amide bonds. The van der Waals surface area contributed by atoms with E-state index in [4.69, 9.17) is 21.1 Å². The molecule has 0 spiro atoms. The number of fused-ring (bicyclic) bond motifs is 1. The van der Waals surface area contributed by atoms with Crippen LogP contribution in [0.15, 0.2) is 24.3 Å². The van der Waals surface area contributed by atoms with Crippen LogP contribution < -0.4 is 10.1 Å². The predicted molar refractivity (Wildman–Crippen MR) is 71.3 cm³/mol. The Balaban J connectivity index is 1.43. The molecule has 0 aromatic heterocycles. The van der Waals surface area contributed by atoms with Crippen LogP contribution >= 0.6 is 11.6 Å². The van der Waals surface area contributed by atoms with Crippen LogP contribution in [0.25, 0.3) is 0 Å². The molecule has 3 atom stereocenters. The van der Waals surface area contributed by atoms with Crippen LogP contribution in [-0.2, 0) is 9.53 Å². The van der Waals surface area contributed by atoms with E-state index in [2.05, 4.69) is 5.32 Å². The lowest BCUT2D eigenvalue weighted by Gasteiger charge is -2.39. The minimum atomic E-state index is -0.0784. The Kier molecular flexibility index (Phi) is 3.62. The monoisotopic (exact) mass is 281 g/mol. The summed E-state index contributed by atoms with van der Waals surface area (Å²) in [5.41, 5.74) is 0. The Bertz CT molecular complexity index is 462. The molecule has 1 aliphatic carbocycles. The Morgan fingerprint density at radius 2 is 2.21 bits per heavy atom. The first kappa shape index (κ1) is 12.8. The molecule has 102 valence electrons. The van der Waals surface area contributed by atoms with Gasteiger partial charge in [-0.15, -0.1) is 0 Å². The van der Waals surface area contributed by atoms with Crippen molar-refractivity contribution in [3.8, 4) is 5.75 Å². The summed E-state index contributed by atoms with van der Waals surface area (Å²) in [6.45, 7) is 0.860. The molecule has 1 aromatic carbocycles. The molecular weight excluding hydrogens is 266 g/mol. The van der Waals surface area contributed by atoms with Gasteiger partial charge in [0.15, 0.2) is 6.61 Å². The van der Waals surface area contributed by atoms with E-state index in [1.165, 1.54) is 0 Å². The minimum Gasteiger partial charge on any atom is -0.484 e. The summed E-state index contributed by atoms with van der Waals surface area (Å²) in [7, 11) is 0. The van der Waals surface area contributed by atoms with Crippen LogP contribution in [0.5, 0.6) is 5.75 Å². The fourth-order valence-electron chi connectivity index (χ4n) is 2.69. The average molecular weight is 282 g/mol. The van der Waals surface area contributed by atoms with Crippen molar-refractivity contribution in [3.63, 3.8) is 0 Å². The van der Waals surface area contributed by atoms with Gasteiger partial charge >= 0.3 is 0 Å². The van der Waals surface area contributed by atoms with Gasteiger partial charge in [-0.3, -0.25) is 4.79 Å². The number of hydrogen-bond donors (Lipinski definition) is 1. The molecule has 1 saturated heterocycles. The zero-order valence-electron chi connectivity index (χ0n) is 10.5. The topological polar surface area (TPSA) is 47.6 Å². The molecule has 1 heterocycles. The molecule has 5 heteroatoms. The van der Waals surface area contributed by atoms with Crippen molar-refractivity contribution in [3.05, 3.63) is 29.3 Å². The highest BCUT2D eigenvalue weighted by molar-refractivity contribution is 6.30. The molecule has 1 saturated carbocycles. The number of benzene rings is 1. The van der Waals surface area contributed by atoms with Crippen molar-refractivity contribution < 1.29 is 14.3 Å². The fraction of sp³-hybridized carbons (Fsp3) is 0.500. The van der Waals surface area contributed by atoms with Crippen molar-refractivity contribution in [2.75, 3.05) is 13.2 Å². The summed E-state index contributed by atoms with van der Waals surface area (Å²) in [5.74, 6) is 1.07. The summed E-state index contributed by atoms with van der Waals surface area (Å²) < 4.78 is 10.9. The quantitative estimate of drug-likeness (QED) is 0.918. The van der Waals surface area contributed by atoms with Crippen molar-refractivity contribution in [2.24, 2.45) is 5.92 Å². The van der Waals surface area contributed by atoms with Gasteiger partial charge in [-0.1, -0.05) is 11.6 Å². The van der Waals surface area contributed by atoms with E-state index >= 15 is 0 Å². The maximum Gasteiger partial charge on any atom is 0.258 e. The first-order valence-corrected chi connectivity index (χ1v) is 6.89. The molecule has 0 radical (unpaired) electrons. The molecule has 1 aromatic rings. The molecule has 2 aliphatic rings. The van der Waals surface area contributed by atoms with Gasteiger partial charge in [0.1, 0.15) is 5.75 Å². The molecule has 4 nitrogen and oxygen atoms in total. The highest BCUT2D eigenvalue weighted by atomic mass is 35.5. The largest absolute Gasteiger partial charge is 0.484 e. The van der Waals surface area contributed by atoms with E-state index in [0.717, 1.165) is 19.4 Å². The predicted octanol–water partition coefficient (Wildman–Crippen LogP) is 2.01. The third-order valence-corrected chi connectivity index (χ3v) is 4.05. The van der Waals surface area contributed by atoms with Gasteiger partial charge in [0.2, 0.25) is 0 Å². The Hall–Kier alpha value is -1.26. The lowest BCUT2D eigenvalue weighted by atomic mass is 9.76.